The first kappa shape index (κ1) is 15.3. The van der Waals surface area contributed by atoms with Crippen LogP contribution in [-0.4, -0.2) is 9.96 Å². The summed E-state index contributed by atoms with van der Waals surface area (Å²) in [6, 6.07) is 31.1. The van der Waals surface area contributed by atoms with Gasteiger partial charge in [0.05, 0.1) is 10.8 Å². The Balaban J connectivity index is 1.59. The first-order valence-corrected chi connectivity index (χ1v) is 9.70. The lowest BCUT2D eigenvalue weighted by Crippen LogP contribution is -2.02. The normalized spacial score (nSPS) is 23.6. The second-order valence-corrected chi connectivity index (χ2v) is 7.86. The van der Waals surface area contributed by atoms with Gasteiger partial charge < -0.3 is 0 Å². The van der Waals surface area contributed by atoms with Gasteiger partial charge in [0.25, 0.3) is 0 Å². The van der Waals surface area contributed by atoms with Gasteiger partial charge in [-0.05, 0) is 41.0 Å². The second kappa shape index (κ2) is 6.74. The molecule has 3 unspecified atom stereocenters. The molecule has 1 fully saturated rings. The van der Waals surface area contributed by atoms with Crippen LogP contribution in [0.25, 0.3) is 0 Å². The molecule has 0 aromatic heterocycles. The Kier molecular flexibility index (Phi) is 4.31. The zero-order chi connectivity index (χ0) is 16.4. The Hall–Kier alpha value is -2.19. The molecule has 3 aromatic rings. The van der Waals surface area contributed by atoms with E-state index in [-0.39, 0.29) is 0 Å². The number of benzene rings is 3. The van der Waals surface area contributed by atoms with E-state index in [2.05, 4.69) is 60.7 Å². The number of hydrogen-bond donors (Lipinski definition) is 0. The van der Waals surface area contributed by atoms with Crippen LogP contribution in [0.15, 0.2) is 95.9 Å². The summed E-state index contributed by atoms with van der Waals surface area (Å²) in [4.78, 5) is 0.933. The maximum atomic E-state index is 12.8. The van der Waals surface area contributed by atoms with Crippen LogP contribution < -0.4 is 0 Å². The van der Waals surface area contributed by atoms with Crippen molar-refractivity contribution in [1.82, 2.24) is 0 Å². The summed E-state index contributed by atoms with van der Waals surface area (Å²) in [5.41, 5.74) is 2.72. The molecule has 2 heteroatoms. The van der Waals surface area contributed by atoms with Crippen molar-refractivity contribution in [2.24, 2.45) is 5.92 Å². The summed E-state index contributed by atoms with van der Waals surface area (Å²) in [7, 11) is -0.940. The molecule has 3 aromatic carbocycles. The first-order valence-electron chi connectivity index (χ1n) is 8.38. The molecule has 1 nitrogen and oxygen atoms in total. The molecule has 0 saturated heterocycles. The van der Waals surface area contributed by atoms with Crippen molar-refractivity contribution < 1.29 is 4.21 Å². The lowest BCUT2D eigenvalue weighted by molar-refractivity contribution is 0.678. The summed E-state index contributed by atoms with van der Waals surface area (Å²) in [6.07, 6.45) is 0. The third kappa shape index (κ3) is 3.07. The molecular formula is C22H20OS. The van der Waals surface area contributed by atoms with Crippen LogP contribution >= 0.6 is 0 Å². The van der Waals surface area contributed by atoms with Gasteiger partial charge >= 0.3 is 0 Å². The molecule has 0 N–H and O–H groups in total. The average Bonchev–Trinajstić information content (AvgIpc) is 3.37. The summed E-state index contributed by atoms with van der Waals surface area (Å²) < 4.78 is 12.8. The van der Waals surface area contributed by atoms with E-state index in [1.165, 1.54) is 11.1 Å². The smallest absolute Gasteiger partial charge is 0.0532 e. The molecule has 1 aliphatic carbocycles. The van der Waals surface area contributed by atoms with Gasteiger partial charge in [-0.2, -0.15) is 0 Å². The molecule has 0 aliphatic heterocycles. The molecule has 1 saturated carbocycles. The van der Waals surface area contributed by atoms with Gasteiger partial charge in [0.15, 0.2) is 0 Å². The van der Waals surface area contributed by atoms with Gasteiger partial charge in [-0.3, -0.25) is 4.21 Å². The predicted molar refractivity (Wildman–Crippen MR) is 99.6 cm³/mol. The molecule has 120 valence electrons. The van der Waals surface area contributed by atoms with Crippen LogP contribution in [0.4, 0.5) is 0 Å². The van der Waals surface area contributed by atoms with Crippen LogP contribution in [-0.2, 0) is 10.8 Å². The highest BCUT2D eigenvalue weighted by molar-refractivity contribution is 7.85. The monoisotopic (exact) mass is 332 g/mol. The Morgan fingerprint density at radius 1 is 0.625 bits per heavy atom. The van der Waals surface area contributed by atoms with Gasteiger partial charge in [-0.1, -0.05) is 78.9 Å². The summed E-state index contributed by atoms with van der Waals surface area (Å²) in [6.45, 7) is 0. The maximum absolute atomic E-state index is 12.8. The van der Waals surface area contributed by atoms with Crippen LogP contribution in [0.2, 0.25) is 0 Å². The summed E-state index contributed by atoms with van der Waals surface area (Å²) >= 11 is 0. The molecule has 3 atom stereocenters. The van der Waals surface area contributed by atoms with E-state index in [4.69, 9.17) is 0 Å². The van der Waals surface area contributed by atoms with Crippen molar-refractivity contribution in [3.63, 3.8) is 0 Å². The molecule has 24 heavy (non-hydrogen) atoms. The first-order chi connectivity index (χ1) is 11.8. The fraction of sp³-hybridized carbons (Fsp3) is 0.182. The summed E-state index contributed by atoms with van der Waals surface area (Å²) in [5, 5.41) is 0. The molecule has 0 spiro atoms. The lowest BCUT2D eigenvalue weighted by atomic mass is 10.0. The Bertz CT molecular complexity index is 769. The van der Waals surface area contributed by atoms with Crippen LogP contribution in [0.1, 0.15) is 23.0 Å². The zero-order valence-corrected chi connectivity index (χ0v) is 14.2. The van der Waals surface area contributed by atoms with Crippen molar-refractivity contribution in [2.75, 3.05) is 5.75 Å². The standard InChI is InChI=1S/C22H20OS/c23-24(19-14-8-3-9-15-19)16-20-21(17-10-4-1-5-11-17)22(20)18-12-6-2-7-13-18/h1-15,20-22H,16H2. The second-order valence-electron chi connectivity index (χ2n) is 6.36. The topological polar surface area (TPSA) is 17.1 Å². The zero-order valence-electron chi connectivity index (χ0n) is 13.4. The lowest BCUT2D eigenvalue weighted by Gasteiger charge is -2.02. The SMILES string of the molecule is O=S(CC1C(c2ccccc2)C1c1ccccc1)c1ccccc1. The van der Waals surface area contributed by atoms with Gasteiger partial charge in [0.2, 0.25) is 0 Å². The Morgan fingerprint density at radius 2 is 1.04 bits per heavy atom. The van der Waals surface area contributed by atoms with Crippen molar-refractivity contribution in [3.05, 3.63) is 102 Å². The van der Waals surface area contributed by atoms with E-state index in [0.29, 0.717) is 17.8 Å². The van der Waals surface area contributed by atoms with E-state index in [1.807, 2.05) is 30.3 Å². The van der Waals surface area contributed by atoms with E-state index >= 15 is 0 Å². The van der Waals surface area contributed by atoms with Gasteiger partial charge in [-0.25, -0.2) is 0 Å². The number of rotatable bonds is 5. The molecule has 0 radical (unpaired) electrons. The predicted octanol–water partition coefficient (Wildman–Crippen LogP) is 4.99. The molecule has 0 amide bonds. The Morgan fingerprint density at radius 3 is 1.50 bits per heavy atom. The van der Waals surface area contributed by atoms with Crippen LogP contribution in [0, 0.1) is 5.92 Å². The fourth-order valence-corrected chi connectivity index (χ4v) is 5.10. The van der Waals surface area contributed by atoms with Crippen LogP contribution in [0.3, 0.4) is 0 Å². The summed E-state index contributed by atoms with van der Waals surface area (Å²) in [5.74, 6) is 2.11. The van der Waals surface area contributed by atoms with E-state index in [1.54, 1.807) is 0 Å². The highest BCUT2D eigenvalue weighted by atomic mass is 32.2. The van der Waals surface area contributed by atoms with Crippen molar-refractivity contribution >= 4 is 10.8 Å². The highest BCUT2D eigenvalue weighted by Crippen LogP contribution is 2.60. The van der Waals surface area contributed by atoms with E-state index in [0.717, 1.165) is 10.6 Å². The minimum Gasteiger partial charge on any atom is -0.254 e. The average molecular weight is 332 g/mol. The third-order valence-corrected chi connectivity index (χ3v) is 6.37. The minimum absolute atomic E-state index is 0.441. The molecular weight excluding hydrogens is 312 g/mol. The van der Waals surface area contributed by atoms with Crippen molar-refractivity contribution in [1.29, 1.82) is 0 Å². The quantitative estimate of drug-likeness (QED) is 0.643. The van der Waals surface area contributed by atoms with Crippen LogP contribution in [0.5, 0.6) is 0 Å². The van der Waals surface area contributed by atoms with Gasteiger partial charge in [0.1, 0.15) is 0 Å². The molecule has 0 bridgehead atoms. The largest absolute Gasteiger partial charge is 0.254 e. The van der Waals surface area contributed by atoms with Crippen molar-refractivity contribution in [3.8, 4) is 0 Å². The van der Waals surface area contributed by atoms with Gasteiger partial charge in [0, 0.05) is 10.6 Å². The molecule has 1 aliphatic rings. The number of hydrogen-bond acceptors (Lipinski definition) is 1. The highest BCUT2D eigenvalue weighted by Gasteiger charge is 2.51. The Labute approximate surface area is 145 Å². The molecule has 4 rings (SSSR count). The van der Waals surface area contributed by atoms with E-state index < -0.39 is 10.8 Å². The maximum Gasteiger partial charge on any atom is 0.0532 e. The molecule has 0 heterocycles. The van der Waals surface area contributed by atoms with E-state index in [9.17, 15) is 4.21 Å². The third-order valence-electron chi connectivity index (χ3n) is 4.89. The van der Waals surface area contributed by atoms with Gasteiger partial charge in [-0.15, -0.1) is 0 Å². The fourth-order valence-electron chi connectivity index (χ4n) is 3.68. The van der Waals surface area contributed by atoms with Crippen molar-refractivity contribution in [2.45, 2.75) is 16.7 Å². The minimum atomic E-state index is -0.940.